The predicted molar refractivity (Wildman–Crippen MR) is 114 cm³/mol. The molecule has 0 aliphatic rings. The van der Waals surface area contributed by atoms with Gasteiger partial charge in [-0.2, -0.15) is 0 Å². The maximum atomic E-state index is 12.9. The smallest absolute Gasteiger partial charge is 0.348 e. The Morgan fingerprint density at radius 3 is 2.43 bits per heavy atom. The number of hydrogen-bond acceptors (Lipinski definition) is 6. The van der Waals surface area contributed by atoms with Gasteiger partial charge in [0.15, 0.2) is 0 Å². The molecule has 0 saturated carbocycles. The molecule has 0 unspecified atom stereocenters. The Kier molecular flexibility index (Phi) is 5.24. The van der Waals surface area contributed by atoms with E-state index in [-0.39, 0.29) is 23.8 Å². The van der Waals surface area contributed by atoms with Crippen LogP contribution in [0.2, 0.25) is 0 Å². The van der Waals surface area contributed by atoms with Crippen molar-refractivity contribution >= 4 is 27.5 Å². The van der Waals surface area contributed by atoms with Gasteiger partial charge in [0, 0.05) is 7.05 Å². The van der Waals surface area contributed by atoms with E-state index in [4.69, 9.17) is 4.74 Å². The molecule has 2 heterocycles. The van der Waals surface area contributed by atoms with Gasteiger partial charge in [-0.15, -0.1) is 11.3 Å². The molecule has 0 spiro atoms. The third kappa shape index (κ3) is 3.77. The molecule has 4 rings (SSSR count). The fourth-order valence-corrected chi connectivity index (χ4v) is 4.10. The Morgan fingerprint density at radius 2 is 1.73 bits per heavy atom. The lowest BCUT2D eigenvalue weighted by Crippen LogP contribution is -2.38. The van der Waals surface area contributed by atoms with Crippen molar-refractivity contribution in [1.82, 2.24) is 9.13 Å². The van der Waals surface area contributed by atoms with Crippen molar-refractivity contribution in [2.24, 2.45) is 7.05 Å². The second-order valence-corrected chi connectivity index (χ2v) is 7.82. The normalized spacial score (nSPS) is 11.0. The summed E-state index contributed by atoms with van der Waals surface area (Å²) in [6.07, 6.45) is 0. The molecule has 2 aromatic carbocycles. The second-order valence-electron chi connectivity index (χ2n) is 6.79. The highest BCUT2D eigenvalue weighted by atomic mass is 32.1. The van der Waals surface area contributed by atoms with Crippen LogP contribution in [0.3, 0.4) is 0 Å². The molecule has 0 radical (unpaired) electrons. The minimum atomic E-state index is -0.578. The topological polar surface area (TPSA) is 90.5 Å². The van der Waals surface area contributed by atoms with E-state index in [1.165, 1.54) is 22.8 Å². The van der Waals surface area contributed by atoms with E-state index in [0.717, 1.165) is 27.0 Å². The average Bonchev–Trinajstić information content (AvgIpc) is 3.21. The lowest BCUT2D eigenvalue weighted by atomic mass is 10.2. The van der Waals surface area contributed by atoms with Gasteiger partial charge in [-0.1, -0.05) is 42.5 Å². The van der Waals surface area contributed by atoms with Crippen LogP contribution in [0, 0.1) is 0 Å². The van der Waals surface area contributed by atoms with E-state index in [2.05, 4.69) is 0 Å². The van der Waals surface area contributed by atoms with Crippen molar-refractivity contribution in [3.8, 4) is 5.75 Å². The van der Waals surface area contributed by atoms with E-state index in [1.807, 2.05) is 30.3 Å². The molecule has 0 amide bonds. The van der Waals surface area contributed by atoms with Crippen LogP contribution in [-0.2, 0) is 24.9 Å². The molecule has 0 aliphatic carbocycles. The molecule has 0 bridgehead atoms. The van der Waals surface area contributed by atoms with Gasteiger partial charge in [-0.25, -0.2) is 9.59 Å². The minimum Gasteiger partial charge on any atom is -0.508 e. The highest BCUT2D eigenvalue weighted by Gasteiger charge is 2.19. The highest BCUT2D eigenvalue weighted by Crippen LogP contribution is 2.23. The van der Waals surface area contributed by atoms with Crippen LogP contribution < -0.4 is 11.2 Å². The predicted octanol–water partition coefficient (Wildman–Crippen LogP) is 2.87. The third-order valence-electron chi connectivity index (χ3n) is 4.70. The lowest BCUT2D eigenvalue weighted by molar-refractivity contribution is 0.0478. The zero-order chi connectivity index (χ0) is 21.3. The summed E-state index contributed by atoms with van der Waals surface area (Å²) in [5.74, 6) is -0.451. The molecule has 1 N–H and O–H groups in total. The zero-order valence-corrected chi connectivity index (χ0v) is 16.9. The quantitative estimate of drug-likeness (QED) is 0.500. The number of rotatable bonds is 5. The third-order valence-corrected chi connectivity index (χ3v) is 5.89. The van der Waals surface area contributed by atoms with Crippen molar-refractivity contribution in [2.75, 3.05) is 0 Å². The Balaban J connectivity index is 1.65. The van der Waals surface area contributed by atoms with Crippen molar-refractivity contribution in [2.45, 2.75) is 13.2 Å². The summed E-state index contributed by atoms with van der Waals surface area (Å²) in [6.45, 7) is 0.184. The summed E-state index contributed by atoms with van der Waals surface area (Å²) < 4.78 is 7.85. The van der Waals surface area contributed by atoms with Crippen molar-refractivity contribution in [1.29, 1.82) is 0 Å². The van der Waals surface area contributed by atoms with Gasteiger partial charge in [-0.3, -0.25) is 13.9 Å². The standard InChI is InChI=1S/C22H18N2O5S/c1-23-20-17(19(26)24(22(23)28)12-14-5-3-2-4-6-14)11-18(30-20)21(27)29-13-15-7-9-16(25)10-8-15/h2-11,25H,12-13H2,1H3. The molecule has 0 atom stereocenters. The molecule has 4 aromatic rings. The Hall–Kier alpha value is -3.65. The number of carbonyl (C=O) groups excluding carboxylic acids is 1. The van der Waals surface area contributed by atoms with E-state index in [9.17, 15) is 19.5 Å². The number of aromatic hydroxyl groups is 1. The molecular formula is C22H18N2O5S. The molecular weight excluding hydrogens is 404 g/mol. The largest absolute Gasteiger partial charge is 0.508 e. The number of phenolic OH excluding ortho intramolecular Hbond substituents is 1. The van der Waals surface area contributed by atoms with E-state index < -0.39 is 17.2 Å². The summed E-state index contributed by atoms with van der Waals surface area (Å²) in [5, 5.41) is 9.62. The monoisotopic (exact) mass is 422 g/mol. The average molecular weight is 422 g/mol. The summed E-state index contributed by atoms with van der Waals surface area (Å²) in [4.78, 5) is 38.8. The van der Waals surface area contributed by atoms with Crippen molar-refractivity contribution < 1.29 is 14.6 Å². The van der Waals surface area contributed by atoms with Crippen LogP contribution in [0.25, 0.3) is 10.2 Å². The fourth-order valence-electron chi connectivity index (χ4n) is 3.10. The van der Waals surface area contributed by atoms with E-state index >= 15 is 0 Å². The summed E-state index contributed by atoms with van der Waals surface area (Å²) >= 11 is 1.05. The first kappa shape index (κ1) is 19.7. The molecule has 7 nitrogen and oxygen atoms in total. The molecule has 0 aliphatic heterocycles. The number of thiophene rings is 1. The molecule has 0 fully saturated rings. The number of fused-ring (bicyclic) bond motifs is 1. The second kappa shape index (κ2) is 8.00. The summed E-state index contributed by atoms with van der Waals surface area (Å²) in [7, 11) is 1.58. The minimum absolute atomic E-state index is 0.0323. The number of phenols is 1. The molecule has 152 valence electrons. The number of esters is 1. The number of aromatic nitrogens is 2. The maximum Gasteiger partial charge on any atom is 0.348 e. The number of hydrogen-bond donors (Lipinski definition) is 1. The molecule has 2 aromatic heterocycles. The highest BCUT2D eigenvalue weighted by molar-refractivity contribution is 7.20. The Morgan fingerprint density at radius 1 is 1.03 bits per heavy atom. The van der Waals surface area contributed by atoms with Gasteiger partial charge < -0.3 is 9.84 Å². The molecule has 0 saturated heterocycles. The first-order valence-electron chi connectivity index (χ1n) is 9.16. The van der Waals surface area contributed by atoms with Crippen LogP contribution in [0.15, 0.2) is 70.3 Å². The SMILES string of the molecule is Cn1c(=O)n(Cc2ccccc2)c(=O)c2cc(C(=O)OCc3ccc(O)cc3)sc21. The van der Waals surface area contributed by atoms with Crippen LogP contribution in [0.5, 0.6) is 5.75 Å². The summed E-state index contributed by atoms with van der Waals surface area (Å²) in [5.41, 5.74) is 0.674. The molecule has 8 heteroatoms. The zero-order valence-electron chi connectivity index (χ0n) is 16.1. The van der Waals surface area contributed by atoms with Gasteiger partial charge in [0.05, 0.1) is 11.9 Å². The first-order valence-corrected chi connectivity index (χ1v) is 9.98. The van der Waals surface area contributed by atoms with Crippen molar-refractivity contribution in [3.05, 3.63) is 97.5 Å². The van der Waals surface area contributed by atoms with Crippen LogP contribution >= 0.6 is 11.3 Å². The molecule has 30 heavy (non-hydrogen) atoms. The van der Waals surface area contributed by atoms with Crippen molar-refractivity contribution in [3.63, 3.8) is 0 Å². The van der Waals surface area contributed by atoms with E-state index in [0.29, 0.717) is 10.2 Å². The summed E-state index contributed by atoms with van der Waals surface area (Å²) in [6, 6.07) is 17.0. The van der Waals surface area contributed by atoms with Crippen LogP contribution in [0.1, 0.15) is 20.8 Å². The Bertz CT molecular complexity index is 1330. The maximum absolute atomic E-state index is 12.9. The van der Waals surface area contributed by atoms with Crippen LogP contribution in [0.4, 0.5) is 0 Å². The number of aryl methyl sites for hydroxylation is 1. The van der Waals surface area contributed by atoms with Gasteiger partial charge in [-0.05, 0) is 29.3 Å². The fraction of sp³-hybridized carbons (Fsp3) is 0.136. The number of nitrogens with zero attached hydrogens (tertiary/aromatic N) is 2. The lowest BCUT2D eigenvalue weighted by Gasteiger charge is -2.08. The van der Waals surface area contributed by atoms with Gasteiger partial charge in [0.2, 0.25) is 0 Å². The number of benzene rings is 2. The number of carbonyl (C=O) groups is 1. The van der Waals surface area contributed by atoms with Gasteiger partial charge >= 0.3 is 11.7 Å². The number of ether oxygens (including phenoxy) is 1. The first-order chi connectivity index (χ1) is 14.4. The Labute approximate surface area is 175 Å². The van der Waals surface area contributed by atoms with Gasteiger partial charge in [0.25, 0.3) is 5.56 Å². The van der Waals surface area contributed by atoms with E-state index in [1.54, 1.807) is 19.2 Å². The van der Waals surface area contributed by atoms with Gasteiger partial charge in [0.1, 0.15) is 22.1 Å². The van der Waals surface area contributed by atoms with Crippen LogP contribution in [-0.4, -0.2) is 20.2 Å².